The van der Waals surface area contributed by atoms with Gasteiger partial charge in [0.25, 0.3) is 0 Å². The number of fused-ring (bicyclic) bond motifs is 2. The number of carbonyl (C=O) groups is 2. The maximum atomic E-state index is 12.7. The molecule has 5 rings (SSSR count). The first-order valence-electron chi connectivity index (χ1n) is 15.7. The van der Waals surface area contributed by atoms with Gasteiger partial charge in [0.15, 0.2) is 0 Å². The van der Waals surface area contributed by atoms with Crippen molar-refractivity contribution in [2.45, 2.75) is 33.2 Å². The number of amides is 2. The van der Waals surface area contributed by atoms with Crippen molar-refractivity contribution in [3.63, 3.8) is 0 Å². The number of benzene rings is 2. The highest BCUT2D eigenvalue weighted by molar-refractivity contribution is 5.97. The molecule has 0 radical (unpaired) electrons. The van der Waals surface area contributed by atoms with E-state index < -0.39 is 0 Å². The first kappa shape index (κ1) is 34.2. The predicted molar refractivity (Wildman–Crippen MR) is 182 cm³/mol. The van der Waals surface area contributed by atoms with Crippen molar-refractivity contribution in [2.24, 2.45) is 0 Å². The third-order valence-electron chi connectivity index (χ3n) is 8.12. The molecule has 0 aliphatic carbocycles. The first-order valence-corrected chi connectivity index (χ1v) is 15.7. The second-order valence-electron chi connectivity index (χ2n) is 12.0. The summed E-state index contributed by atoms with van der Waals surface area (Å²) in [5.74, 6) is 0.917. The molecule has 2 amide bonds. The lowest BCUT2D eigenvalue weighted by Crippen LogP contribution is -2.49. The van der Waals surface area contributed by atoms with E-state index in [9.17, 15) is 9.59 Å². The molecule has 0 N–H and O–H groups in total. The molecule has 244 valence electrons. The van der Waals surface area contributed by atoms with Crippen LogP contribution in [-0.2, 0) is 22.6 Å². The molecule has 0 atom stereocenters. The van der Waals surface area contributed by atoms with E-state index in [1.165, 1.54) is 28.9 Å². The number of hydrogen-bond acceptors (Lipinski definition) is 9. The molecular formula is C35H46N8O3. The summed E-state index contributed by atoms with van der Waals surface area (Å²) in [6.07, 6.45) is 4.64. The monoisotopic (exact) mass is 626 g/mol. The molecule has 11 nitrogen and oxygen atoms in total. The number of anilines is 2. The lowest BCUT2D eigenvalue weighted by atomic mass is 9.99. The topological polar surface area (TPSA) is 109 Å². The number of nitrogens with zero attached hydrogens (tertiary/aromatic N) is 8. The van der Waals surface area contributed by atoms with Crippen LogP contribution in [0.15, 0.2) is 48.6 Å². The number of aromatic nitrogens is 2. The lowest BCUT2D eigenvalue weighted by Gasteiger charge is -2.38. The Balaban J connectivity index is 0.00000154. The van der Waals surface area contributed by atoms with Crippen molar-refractivity contribution in [3.8, 4) is 12.1 Å². The molecule has 3 heterocycles. The zero-order valence-corrected chi connectivity index (χ0v) is 28.0. The first-order chi connectivity index (χ1) is 22.1. The molecule has 2 aliphatic heterocycles. The Bertz CT molecular complexity index is 1580. The van der Waals surface area contributed by atoms with Crippen molar-refractivity contribution in [2.75, 3.05) is 83.9 Å². The number of piperazine rings is 1. The van der Waals surface area contributed by atoms with Gasteiger partial charge in [-0.05, 0) is 44.5 Å². The summed E-state index contributed by atoms with van der Waals surface area (Å²) in [4.78, 5) is 44.8. The summed E-state index contributed by atoms with van der Waals surface area (Å²) in [6, 6.07) is 14.9. The van der Waals surface area contributed by atoms with Gasteiger partial charge in [0.05, 0.1) is 24.7 Å². The van der Waals surface area contributed by atoms with Crippen molar-refractivity contribution in [1.82, 2.24) is 24.7 Å². The number of carbonyl (C=O) groups excluding carboxylic acids is 2. The smallest absolute Gasteiger partial charge is 0.318 e. The van der Waals surface area contributed by atoms with Gasteiger partial charge < -0.3 is 29.2 Å². The second-order valence-corrected chi connectivity index (χ2v) is 12.0. The highest BCUT2D eigenvalue weighted by Gasteiger charge is 2.29. The van der Waals surface area contributed by atoms with Crippen LogP contribution in [0.25, 0.3) is 10.8 Å². The summed E-state index contributed by atoms with van der Waals surface area (Å²) in [5, 5.41) is 9.81. The van der Waals surface area contributed by atoms with E-state index in [-0.39, 0.29) is 24.8 Å². The molecule has 2 aromatic carbocycles. The van der Waals surface area contributed by atoms with Gasteiger partial charge in [-0.1, -0.05) is 36.4 Å². The molecule has 1 saturated heterocycles. The van der Waals surface area contributed by atoms with Gasteiger partial charge in [-0.15, -0.1) is 0 Å². The van der Waals surface area contributed by atoms with Gasteiger partial charge >= 0.3 is 6.01 Å². The maximum Gasteiger partial charge on any atom is 0.318 e. The number of aryl methyl sites for hydroxylation is 1. The van der Waals surface area contributed by atoms with Gasteiger partial charge in [0.2, 0.25) is 11.8 Å². The Kier molecular flexibility index (Phi) is 11.9. The highest BCUT2D eigenvalue weighted by Crippen LogP contribution is 2.35. The van der Waals surface area contributed by atoms with Crippen LogP contribution in [0.1, 0.15) is 30.2 Å². The molecule has 0 unspecified atom stereocenters. The SMILES string of the molecule is CC#N.Cc1cccc2cccc(N3CCc4c(nc(OCCC(=O)N(C)C)nc4N4CCN(C(=O)/C=C/CN(C)C)CC4)C3)c12. The third-order valence-corrected chi connectivity index (χ3v) is 8.12. The van der Waals surface area contributed by atoms with Crippen molar-refractivity contribution in [3.05, 3.63) is 65.4 Å². The Morgan fingerprint density at radius 3 is 2.37 bits per heavy atom. The molecule has 1 fully saturated rings. The molecule has 3 aromatic rings. The fourth-order valence-corrected chi connectivity index (χ4v) is 5.75. The van der Waals surface area contributed by atoms with Gasteiger partial charge in [0.1, 0.15) is 12.4 Å². The fraction of sp³-hybridized carbons (Fsp3) is 0.457. The summed E-state index contributed by atoms with van der Waals surface area (Å²) >= 11 is 0. The van der Waals surface area contributed by atoms with Crippen LogP contribution in [0, 0.1) is 18.3 Å². The largest absolute Gasteiger partial charge is 0.463 e. The van der Waals surface area contributed by atoms with E-state index >= 15 is 0 Å². The molecule has 0 spiro atoms. The Labute approximate surface area is 272 Å². The summed E-state index contributed by atoms with van der Waals surface area (Å²) in [7, 11) is 7.44. The van der Waals surface area contributed by atoms with Crippen LogP contribution in [0.4, 0.5) is 11.5 Å². The summed E-state index contributed by atoms with van der Waals surface area (Å²) in [6.45, 7) is 8.64. The fourth-order valence-electron chi connectivity index (χ4n) is 5.75. The van der Waals surface area contributed by atoms with Gasteiger partial charge in [0, 0.05) is 83.0 Å². The number of likely N-dealkylation sites (N-methyl/N-ethyl adjacent to an activating group) is 1. The quantitative estimate of drug-likeness (QED) is 0.329. The maximum absolute atomic E-state index is 12.7. The average Bonchev–Trinajstić information content (AvgIpc) is 3.04. The van der Waals surface area contributed by atoms with Crippen LogP contribution in [-0.4, -0.2) is 111 Å². The molecule has 11 heteroatoms. The van der Waals surface area contributed by atoms with Crippen molar-refractivity contribution < 1.29 is 14.3 Å². The zero-order chi connectivity index (χ0) is 33.2. The molecule has 0 bridgehead atoms. The van der Waals surface area contributed by atoms with E-state index in [0.29, 0.717) is 38.7 Å². The Morgan fingerprint density at radius 2 is 1.70 bits per heavy atom. The van der Waals surface area contributed by atoms with E-state index in [1.54, 1.807) is 31.1 Å². The minimum absolute atomic E-state index is 0.00361. The number of ether oxygens (including phenoxy) is 1. The van der Waals surface area contributed by atoms with Crippen molar-refractivity contribution in [1.29, 1.82) is 5.26 Å². The Morgan fingerprint density at radius 1 is 1.00 bits per heavy atom. The van der Waals surface area contributed by atoms with Crippen LogP contribution in [0.5, 0.6) is 6.01 Å². The second kappa shape index (κ2) is 16.0. The molecule has 0 saturated carbocycles. The van der Waals surface area contributed by atoms with E-state index in [4.69, 9.17) is 20.0 Å². The Hall–Kier alpha value is -4.69. The van der Waals surface area contributed by atoms with E-state index in [2.05, 4.69) is 53.1 Å². The van der Waals surface area contributed by atoms with Gasteiger partial charge in [-0.2, -0.15) is 15.2 Å². The minimum atomic E-state index is -0.00361. The highest BCUT2D eigenvalue weighted by atomic mass is 16.5. The molecule has 2 aliphatic rings. The predicted octanol–water partition coefficient (Wildman–Crippen LogP) is 3.65. The van der Waals surface area contributed by atoms with Gasteiger partial charge in [-0.3, -0.25) is 9.59 Å². The zero-order valence-electron chi connectivity index (χ0n) is 28.0. The van der Waals surface area contributed by atoms with E-state index in [1.807, 2.05) is 30.0 Å². The number of nitriles is 1. The summed E-state index contributed by atoms with van der Waals surface area (Å²) < 4.78 is 5.99. The van der Waals surface area contributed by atoms with Crippen LogP contribution >= 0.6 is 0 Å². The summed E-state index contributed by atoms with van der Waals surface area (Å²) in [5.41, 5.74) is 4.53. The lowest BCUT2D eigenvalue weighted by molar-refractivity contribution is -0.129. The van der Waals surface area contributed by atoms with E-state index in [0.717, 1.165) is 36.6 Å². The normalized spacial score (nSPS) is 14.5. The van der Waals surface area contributed by atoms with Crippen molar-refractivity contribution >= 4 is 34.1 Å². The van der Waals surface area contributed by atoms with Gasteiger partial charge in [-0.25, -0.2) is 0 Å². The van der Waals surface area contributed by atoms with Crippen LogP contribution < -0.4 is 14.5 Å². The van der Waals surface area contributed by atoms with Crippen LogP contribution in [0.3, 0.4) is 0 Å². The molecule has 46 heavy (non-hydrogen) atoms. The number of hydrogen-bond donors (Lipinski definition) is 0. The molecular weight excluding hydrogens is 580 g/mol. The average molecular weight is 627 g/mol. The molecule has 1 aromatic heterocycles. The standard InChI is InChI=1S/C33H43N7O3.C2H3N/c1-24-9-6-10-25-11-7-12-28(31(24)25)40-17-14-26-27(23-40)34-33(43-22-15-29(41)37(4)5)35-32(26)39-20-18-38(19-21-39)30(42)13-8-16-36(2)3;1-2-3/h6-13H,14-23H2,1-5H3;1H3/b13-8+;. The minimum Gasteiger partial charge on any atom is -0.463 e. The number of rotatable bonds is 9. The van der Waals surface area contributed by atoms with Crippen LogP contribution in [0.2, 0.25) is 0 Å². The third kappa shape index (κ3) is 8.52.